The third kappa shape index (κ3) is 3.00. The molecule has 1 aromatic carbocycles. The molecule has 0 aromatic heterocycles. The van der Waals surface area contributed by atoms with Crippen molar-refractivity contribution >= 4 is 5.57 Å². The van der Waals surface area contributed by atoms with Gasteiger partial charge in [-0.25, -0.2) is 0 Å². The second-order valence-electron chi connectivity index (χ2n) is 5.28. The standard InChI is InChI=1S/C16H20O6/c17-5-11-1-9(2-12(6-18)15(11)21)10-3-13(7-19)16(22)14(4-10)8-20/h1-3,14,17-22H,4-8H2. The van der Waals surface area contributed by atoms with Crippen molar-refractivity contribution in [3.8, 4) is 5.75 Å². The Morgan fingerprint density at radius 3 is 1.95 bits per heavy atom. The summed E-state index contributed by atoms with van der Waals surface area (Å²) in [4.78, 5) is 0. The average Bonchev–Trinajstić information content (AvgIpc) is 2.55. The van der Waals surface area contributed by atoms with E-state index in [4.69, 9.17) is 0 Å². The van der Waals surface area contributed by atoms with E-state index in [1.807, 2.05) is 0 Å². The third-order valence-electron chi connectivity index (χ3n) is 3.90. The number of benzene rings is 1. The van der Waals surface area contributed by atoms with E-state index in [1.54, 1.807) is 18.2 Å². The van der Waals surface area contributed by atoms with E-state index in [9.17, 15) is 30.6 Å². The lowest BCUT2D eigenvalue weighted by Gasteiger charge is -2.24. The lowest BCUT2D eigenvalue weighted by atomic mass is 9.84. The van der Waals surface area contributed by atoms with Crippen molar-refractivity contribution in [1.29, 1.82) is 0 Å². The van der Waals surface area contributed by atoms with Gasteiger partial charge in [0.15, 0.2) is 0 Å². The fraction of sp³-hybridized carbons (Fsp3) is 0.375. The molecule has 0 bridgehead atoms. The van der Waals surface area contributed by atoms with Gasteiger partial charge in [-0.15, -0.1) is 0 Å². The summed E-state index contributed by atoms with van der Waals surface area (Å²) in [5, 5.41) is 57.1. The molecule has 0 fully saturated rings. The number of aromatic hydroxyl groups is 1. The van der Waals surface area contributed by atoms with Crippen LogP contribution in [0, 0.1) is 5.92 Å². The minimum Gasteiger partial charge on any atom is -0.512 e. The summed E-state index contributed by atoms with van der Waals surface area (Å²) < 4.78 is 0. The number of rotatable bonds is 5. The molecule has 1 aromatic rings. The van der Waals surface area contributed by atoms with Crippen LogP contribution in [0.2, 0.25) is 0 Å². The number of hydrogen-bond donors (Lipinski definition) is 6. The molecule has 22 heavy (non-hydrogen) atoms. The second-order valence-corrected chi connectivity index (χ2v) is 5.28. The third-order valence-corrected chi connectivity index (χ3v) is 3.90. The first-order chi connectivity index (χ1) is 10.5. The van der Waals surface area contributed by atoms with Gasteiger partial charge in [0.2, 0.25) is 0 Å². The minimum absolute atomic E-state index is 0.0303. The van der Waals surface area contributed by atoms with Gasteiger partial charge in [0.1, 0.15) is 11.5 Å². The van der Waals surface area contributed by atoms with Crippen LogP contribution in [0.25, 0.3) is 5.57 Å². The molecule has 0 saturated carbocycles. The Labute approximate surface area is 127 Å². The highest BCUT2D eigenvalue weighted by atomic mass is 16.3. The molecule has 2 rings (SSSR count). The predicted octanol–water partition coefficient (Wildman–Crippen LogP) is 0.577. The maximum absolute atomic E-state index is 9.93. The van der Waals surface area contributed by atoms with Crippen molar-refractivity contribution in [1.82, 2.24) is 0 Å². The van der Waals surface area contributed by atoms with Crippen LogP contribution in [0.15, 0.2) is 29.5 Å². The molecule has 1 atom stereocenters. The molecular formula is C16H20O6. The molecule has 0 radical (unpaired) electrons. The average molecular weight is 308 g/mol. The molecular weight excluding hydrogens is 288 g/mol. The lowest BCUT2D eigenvalue weighted by molar-refractivity contribution is 0.199. The SMILES string of the molecule is OCC1=C(O)C(CO)CC(c2cc(CO)c(O)c(CO)c2)=C1. The van der Waals surface area contributed by atoms with E-state index < -0.39 is 5.92 Å². The zero-order valence-electron chi connectivity index (χ0n) is 12.0. The van der Waals surface area contributed by atoms with E-state index in [0.717, 1.165) is 5.57 Å². The molecule has 120 valence electrons. The fourth-order valence-corrected chi connectivity index (χ4v) is 2.63. The summed E-state index contributed by atoms with van der Waals surface area (Å²) in [7, 11) is 0. The molecule has 0 aliphatic heterocycles. The van der Waals surface area contributed by atoms with Crippen LogP contribution in [0.5, 0.6) is 5.75 Å². The van der Waals surface area contributed by atoms with Crippen LogP contribution < -0.4 is 0 Å². The Bertz CT molecular complexity index is 592. The van der Waals surface area contributed by atoms with Gasteiger partial charge in [-0.3, -0.25) is 0 Å². The van der Waals surface area contributed by atoms with Gasteiger partial charge in [0.05, 0.1) is 26.4 Å². The summed E-state index contributed by atoms with van der Waals surface area (Å²) in [6.07, 6.45) is 1.97. The zero-order valence-corrected chi connectivity index (χ0v) is 12.0. The van der Waals surface area contributed by atoms with Gasteiger partial charge in [-0.1, -0.05) is 0 Å². The first kappa shape index (κ1) is 16.5. The normalized spacial score (nSPS) is 18.5. The van der Waals surface area contributed by atoms with Gasteiger partial charge in [-0.05, 0) is 35.8 Å². The van der Waals surface area contributed by atoms with Crippen LogP contribution in [0.3, 0.4) is 0 Å². The number of allylic oxidation sites excluding steroid dienone is 1. The Morgan fingerprint density at radius 2 is 1.50 bits per heavy atom. The van der Waals surface area contributed by atoms with Crippen molar-refractivity contribution in [3.63, 3.8) is 0 Å². The van der Waals surface area contributed by atoms with Crippen LogP contribution in [0.1, 0.15) is 23.1 Å². The summed E-state index contributed by atoms with van der Waals surface area (Å²) in [5.74, 6) is -0.687. The van der Waals surface area contributed by atoms with Crippen molar-refractivity contribution in [2.24, 2.45) is 5.92 Å². The predicted molar refractivity (Wildman–Crippen MR) is 79.9 cm³/mol. The highest BCUT2D eigenvalue weighted by Gasteiger charge is 2.24. The summed E-state index contributed by atoms with van der Waals surface area (Å²) in [6, 6.07) is 3.18. The van der Waals surface area contributed by atoms with E-state index in [-0.39, 0.29) is 49.1 Å². The van der Waals surface area contributed by atoms with Gasteiger partial charge < -0.3 is 30.6 Å². The quantitative estimate of drug-likeness (QED) is 0.473. The van der Waals surface area contributed by atoms with E-state index in [0.29, 0.717) is 17.6 Å². The van der Waals surface area contributed by atoms with E-state index in [1.165, 1.54) is 0 Å². The molecule has 0 saturated heterocycles. The minimum atomic E-state index is -0.508. The second kappa shape index (κ2) is 6.93. The maximum atomic E-state index is 9.93. The molecule has 6 heteroatoms. The van der Waals surface area contributed by atoms with Gasteiger partial charge in [0.25, 0.3) is 0 Å². The molecule has 6 N–H and O–H groups in total. The van der Waals surface area contributed by atoms with Crippen molar-refractivity contribution in [2.75, 3.05) is 13.2 Å². The van der Waals surface area contributed by atoms with E-state index in [2.05, 4.69) is 0 Å². The summed E-state index contributed by atoms with van der Waals surface area (Å²) >= 11 is 0. The molecule has 0 heterocycles. The Hall–Kier alpha value is -1.86. The number of phenols is 1. The smallest absolute Gasteiger partial charge is 0.126 e. The molecule has 0 spiro atoms. The van der Waals surface area contributed by atoms with Crippen LogP contribution >= 0.6 is 0 Å². The number of aliphatic hydroxyl groups is 5. The van der Waals surface area contributed by atoms with Crippen LogP contribution in [-0.2, 0) is 13.2 Å². The highest BCUT2D eigenvalue weighted by Crippen LogP contribution is 2.36. The first-order valence-electron chi connectivity index (χ1n) is 6.96. The molecule has 6 nitrogen and oxygen atoms in total. The maximum Gasteiger partial charge on any atom is 0.126 e. The van der Waals surface area contributed by atoms with Crippen molar-refractivity contribution in [3.05, 3.63) is 46.2 Å². The molecule has 1 unspecified atom stereocenters. The first-order valence-corrected chi connectivity index (χ1v) is 6.96. The highest BCUT2D eigenvalue weighted by molar-refractivity contribution is 5.72. The molecule has 1 aliphatic carbocycles. The topological polar surface area (TPSA) is 121 Å². The zero-order chi connectivity index (χ0) is 16.3. The molecule has 1 aliphatic rings. The largest absolute Gasteiger partial charge is 0.512 e. The summed E-state index contributed by atoms with van der Waals surface area (Å²) in [5.41, 5.74) is 2.29. The summed E-state index contributed by atoms with van der Waals surface area (Å²) in [6.45, 7) is -1.37. The van der Waals surface area contributed by atoms with Crippen molar-refractivity contribution in [2.45, 2.75) is 19.6 Å². The van der Waals surface area contributed by atoms with Crippen LogP contribution in [-0.4, -0.2) is 43.9 Å². The van der Waals surface area contributed by atoms with Gasteiger partial charge in [0, 0.05) is 22.6 Å². The number of hydrogen-bond acceptors (Lipinski definition) is 6. The molecule has 0 amide bonds. The Morgan fingerprint density at radius 1 is 0.909 bits per heavy atom. The van der Waals surface area contributed by atoms with Crippen molar-refractivity contribution < 1.29 is 30.6 Å². The Balaban J connectivity index is 2.52. The van der Waals surface area contributed by atoms with Gasteiger partial charge >= 0.3 is 0 Å². The van der Waals surface area contributed by atoms with E-state index >= 15 is 0 Å². The van der Waals surface area contributed by atoms with Crippen LogP contribution in [0.4, 0.5) is 0 Å². The fourth-order valence-electron chi connectivity index (χ4n) is 2.63. The number of aliphatic hydroxyl groups excluding tert-OH is 5. The Kier molecular flexibility index (Phi) is 5.20. The monoisotopic (exact) mass is 308 g/mol. The van der Waals surface area contributed by atoms with Gasteiger partial charge in [-0.2, -0.15) is 0 Å². The lowest BCUT2D eigenvalue weighted by Crippen LogP contribution is -2.17.